The number of rotatable bonds is 4. The Morgan fingerprint density at radius 3 is 2.32 bits per heavy atom. The Bertz CT molecular complexity index is 395. The quantitative estimate of drug-likeness (QED) is 0.824. The molecule has 0 aromatic carbocycles. The minimum atomic E-state index is -4.14. The molecule has 0 aromatic rings. The summed E-state index contributed by atoms with van der Waals surface area (Å²) in [6, 6.07) is 0. The third-order valence-electron chi connectivity index (χ3n) is 5.06. The highest BCUT2D eigenvalue weighted by Crippen LogP contribution is 2.63. The minimum absolute atomic E-state index is 0.0241. The summed E-state index contributed by atoms with van der Waals surface area (Å²) in [4.78, 5) is 10.6. The lowest BCUT2D eigenvalue weighted by atomic mass is 9.48. The van der Waals surface area contributed by atoms with Gasteiger partial charge in [0.1, 0.15) is 0 Å². The molecule has 2 atom stereocenters. The average molecular weight is 276 g/mol. The third kappa shape index (κ3) is 2.05. The zero-order valence-corrected chi connectivity index (χ0v) is 10.6. The molecule has 4 saturated carbocycles. The van der Waals surface area contributed by atoms with E-state index in [1.54, 1.807) is 0 Å². The molecule has 6 heteroatoms. The molecule has 4 aliphatic rings. The summed E-state index contributed by atoms with van der Waals surface area (Å²) in [6.07, 6.45) is -0.101. The lowest BCUT2D eigenvalue weighted by Gasteiger charge is -2.61. The molecule has 0 amide bonds. The lowest BCUT2D eigenvalue weighted by molar-refractivity contribution is -0.324. The van der Waals surface area contributed by atoms with Crippen LogP contribution >= 0.6 is 0 Å². The maximum Gasteiger partial charge on any atom is 0.456 e. The van der Waals surface area contributed by atoms with Gasteiger partial charge in [0.25, 0.3) is 0 Å². The molecule has 0 aromatic heterocycles. The molecule has 108 valence electrons. The lowest BCUT2D eigenvalue weighted by Crippen LogP contribution is -2.60. The van der Waals surface area contributed by atoms with Crippen molar-refractivity contribution in [1.29, 1.82) is 0 Å². The van der Waals surface area contributed by atoms with Gasteiger partial charge < -0.3 is 14.9 Å². The summed E-state index contributed by atoms with van der Waals surface area (Å²) in [5.41, 5.74) is -1.40. The summed E-state index contributed by atoms with van der Waals surface area (Å²) >= 11 is 0. The van der Waals surface area contributed by atoms with Gasteiger partial charge in [0.2, 0.25) is 0 Å². The van der Waals surface area contributed by atoms with Crippen molar-refractivity contribution in [3.63, 3.8) is 0 Å². The number of aliphatic hydroxyl groups is 1. The molecule has 0 radical (unpaired) electrons. The molecule has 0 aliphatic heterocycles. The van der Waals surface area contributed by atoms with Gasteiger partial charge in [0.05, 0.1) is 5.60 Å². The van der Waals surface area contributed by atoms with Crippen molar-refractivity contribution in [2.24, 2.45) is 17.3 Å². The van der Waals surface area contributed by atoms with E-state index in [4.69, 9.17) is 9.84 Å². The predicted octanol–water partition coefficient (Wildman–Crippen LogP) is 2.01. The molecule has 0 spiro atoms. The Balaban J connectivity index is 1.86. The van der Waals surface area contributed by atoms with E-state index in [0.717, 1.165) is 19.3 Å². The van der Waals surface area contributed by atoms with E-state index in [-0.39, 0.29) is 23.9 Å². The summed E-state index contributed by atoms with van der Waals surface area (Å²) in [5.74, 6) is -1.68. The molecule has 0 heterocycles. The van der Waals surface area contributed by atoms with Gasteiger partial charge in [-0.3, -0.25) is 0 Å². The number of carboxylic acids is 1. The van der Waals surface area contributed by atoms with Crippen molar-refractivity contribution in [2.45, 2.75) is 50.2 Å². The van der Waals surface area contributed by atoms with Crippen LogP contribution in [0, 0.1) is 17.3 Å². The largest absolute Gasteiger partial charge is 0.475 e. The SMILES string of the molecule is O=C(O)C(F)(F)OC12CC3CC(CC(CO)(C3)C1)C2. The van der Waals surface area contributed by atoms with Crippen LogP contribution in [0.4, 0.5) is 8.78 Å². The molecule has 2 unspecified atom stereocenters. The monoisotopic (exact) mass is 276 g/mol. The number of hydrogen-bond donors (Lipinski definition) is 2. The molecule has 4 aliphatic carbocycles. The number of alkyl halides is 2. The zero-order valence-electron chi connectivity index (χ0n) is 10.6. The summed E-state index contributed by atoms with van der Waals surface area (Å²) in [6.45, 7) is -0.0241. The van der Waals surface area contributed by atoms with E-state index in [1.165, 1.54) is 0 Å². The first-order valence-electron chi connectivity index (χ1n) is 6.70. The number of ether oxygens (including phenoxy) is 1. The van der Waals surface area contributed by atoms with Crippen LogP contribution in [-0.4, -0.2) is 34.5 Å². The Morgan fingerprint density at radius 1 is 1.26 bits per heavy atom. The second-order valence-corrected chi connectivity index (χ2v) is 6.73. The highest BCUT2D eigenvalue weighted by Gasteiger charge is 2.61. The Kier molecular flexibility index (Phi) is 2.71. The topological polar surface area (TPSA) is 66.8 Å². The number of aliphatic carboxylic acids is 1. The van der Waals surface area contributed by atoms with Crippen LogP contribution in [-0.2, 0) is 9.53 Å². The highest BCUT2D eigenvalue weighted by molar-refractivity contribution is 5.73. The fourth-order valence-corrected chi connectivity index (χ4v) is 4.98. The van der Waals surface area contributed by atoms with Gasteiger partial charge in [-0.15, -0.1) is 0 Å². The molecular weight excluding hydrogens is 258 g/mol. The number of carbonyl (C=O) groups is 1. The molecule has 4 rings (SSSR count). The summed E-state index contributed by atoms with van der Waals surface area (Å²) < 4.78 is 31.6. The predicted molar refractivity (Wildman–Crippen MR) is 60.6 cm³/mol. The van der Waals surface area contributed by atoms with Crippen molar-refractivity contribution in [3.05, 3.63) is 0 Å². The van der Waals surface area contributed by atoms with Gasteiger partial charge in [0.15, 0.2) is 0 Å². The molecule has 0 saturated heterocycles. The van der Waals surface area contributed by atoms with Crippen LogP contribution < -0.4 is 0 Å². The van der Waals surface area contributed by atoms with Crippen molar-refractivity contribution in [3.8, 4) is 0 Å². The van der Waals surface area contributed by atoms with Crippen LogP contribution in [0.1, 0.15) is 38.5 Å². The van der Waals surface area contributed by atoms with E-state index in [0.29, 0.717) is 19.3 Å². The maximum absolute atomic E-state index is 13.4. The first-order chi connectivity index (χ1) is 8.78. The van der Waals surface area contributed by atoms with Crippen LogP contribution in [0.25, 0.3) is 0 Å². The third-order valence-corrected chi connectivity index (χ3v) is 5.06. The van der Waals surface area contributed by atoms with Gasteiger partial charge in [-0.25, -0.2) is 4.79 Å². The average Bonchev–Trinajstić information content (AvgIpc) is 2.25. The molecule has 2 N–H and O–H groups in total. The van der Waals surface area contributed by atoms with E-state index in [2.05, 4.69) is 0 Å². The van der Waals surface area contributed by atoms with Gasteiger partial charge in [-0.2, -0.15) is 8.78 Å². The fourth-order valence-electron chi connectivity index (χ4n) is 4.98. The first kappa shape index (κ1) is 13.2. The smallest absolute Gasteiger partial charge is 0.456 e. The summed E-state index contributed by atoms with van der Waals surface area (Å²) in [7, 11) is 0. The highest BCUT2D eigenvalue weighted by atomic mass is 19.3. The van der Waals surface area contributed by atoms with Crippen LogP contribution in [0.15, 0.2) is 0 Å². The summed E-state index contributed by atoms with van der Waals surface area (Å²) in [5, 5.41) is 18.1. The second-order valence-electron chi connectivity index (χ2n) is 6.73. The van der Waals surface area contributed by atoms with E-state index >= 15 is 0 Å². The van der Waals surface area contributed by atoms with E-state index in [9.17, 15) is 18.7 Å². The molecule has 19 heavy (non-hydrogen) atoms. The second kappa shape index (κ2) is 3.88. The maximum atomic E-state index is 13.4. The van der Waals surface area contributed by atoms with Crippen LogP contribution in [0.5, 0.6) is 0 Å². The number of aliphatic hydroxyl groups excluding tert-OH is 1. The fraction of sp³-hybridized carbons (Fsp3) is 0.923. The van der Waals surface area contributed by atoms with Crippen LogP contribution in [0.3, 0.4) is 0 Å². The number of halogens is 2. The number of hydrogen-bond acceptors (Lipinski definition) is 3. The van der Waals surface area contributed by atoms with Crippen molar-refractivity contribution >= 4 is 5.97 Å². The van der Waals surface area contributed by atoms with E-state index in [1.807, 2.05) is 0 Å². The van der Waals surface area contributed by atoms with Gasteiger partial charge >= 0.3 is 12.1 Å². The van der Waals surface area contributed by atoms with Gasteiger partial charge in [-0.05, 0) is 55.8 Å². The number of carboxylic acid groups (broad SMARTS) is 1. The van der Waals surface area contributed by atoms with Crippen molar-refractivity contribution in [1.82, 2.24) is 0 Å². The molecule has 4 bridgehead atoms. The Morgan fingerprint density at radius 2 is 1.84 bits per heavy atom. The molecule has 4 nitrogen and oxygen atoms in total. The van der Waals surface area contributed by atoms with E-state index < -0.39 is 17.7 Å². The van der Waals surface area contributed by atoms with Crippen LogP contribution in [0.2, 0.25) is 0 Å². The zero-order chi connectivity index (χ0) is 13.9. The Labute approximate surface area is 109 Å². The Hall–Kier alpha value is -0.750. The van der Waals surface area contributed by atoms with Crippen molar-refractivity contribution < 1.29 is 28.5 Å². The van der Waals surface area contributed by atoms with Crippen molar-refractivity contribution in [2.75, 3.05) is 6.61 Å². The normalized spacial score (nSPS) is 44.6. The molecular formula is C13H18F2O4. The standard InChI is InChI=1S/C13H18F2O4/c14-13(15,10(17)18)19-12-4-8-1-9(5-12)3-11(2-8,6-12)7-16/h8-9,16H,1-7H2,(H,17,18). The van der Waals surface area contributed by atoms with Gasteiger partial charge in [-0.1, -0.05) is 0 Å². The van der Waals surface area contributed by atoms with Gasteiger partial charge in [0, 0.05) is 6.61 Å². The first-order valence-corrected chi connectivity index (χ1v) is 6.70. The molecule has 4 fully saturated rings. The minimum Gasteiger partial charge on any atom is -0.475 e.